The second kappa shape index (κ2) is 6.96. The van der Waals surface area contributed by atoms with Gasteiger partial charge in [-0.05, 0) is 47.1 Å². The van der Waals surface area contributed by atoms with Crippen molar-refractivity contribution in [3.63, 3.8) is 0 Å². The molecule has 0 aliphatic carbocycles. The normalized spacial score (nSPS) is 20.2. The standard InChI is InChI=1S/C16H27N3O2S/c1-11-18-13(10-22-11)8-14(17-5)12-6-7-19(9-12)15(20)21-16(2,3)4/h10,12,14,17H,6-9H2,1-5H3. The van der Waals surface area contributed by atoms with Crippen molar-refractivity contribution in [1.82, 2.24) is 15.2 Å². The van der Waals surface area contributed by atoms with Crippen molar-refractivity contribution in [1.29, 1.82) is 0 Å². The van der Waals surface area contributed by atoms with E-state index in [0.717, 1.165) is 36.6 Å². The zero-order valence-corrected chi connectivity index (χ0v) is 15.0. The van der Waals surface area contributed by atoms with Crippen LogP contribution in [0.15, 0.2) is 5.38 Å². The Kier molecular flexibility index (Phi) is 5.45. The third-order valence-electron chi connectivity index (χ3n) is 3.91. The highest BCUT2D eigenvalue weighted by molar-refractivity contribution is 7.09. The Morgan fingerprint density at radius 1 is 1.59 bits per heavy atom. The third-order valence-corrected chi connectivity index (χ3v) is 4.73. The van der Waals surface area contributed by atoms with Crippen LogP contribution in [0.1, 0.15) is 37.9 Å². The van der Waals surface area contributed by atoms with Gasteiger partial charge in [-0.3, -0.25) is 0 Å². The first kappa shape index (κ1) is 17.2. The number of hydrogen-bond acceptors (Lipinski definition) is 5. The van der Waals surface area contributed by atoms with Crippen molar-refractivity contribution < 1.29 is 9.53 Å². The lowest BCUT2D eigenvalue weighted by Gasteiger charge is -2.26. The van der Waals surface area contributed by atoms with Gasteiger partial charge in [-0.2, -0.15) is 0 Å². The van der Waals surface area contributed by atoms with Gasteiger partial charge in [0.25, 0.3) is 0 Å². The van der Waals surface area contributed by atoms with E-state index >= 15 is 0 Å². The molecule has 1 saturated heterocycles. The highest BCUT2D eigenvalue weighted by atomic mass is 32.1. The molecule has 0 radical (unpaired) electrons. The van der Waals surface area contributed by atoms with Gasteiger partial charge in [0.05, 0.1) is 10.7 Å². The van der Waals surface area contributed by atoms with E-state index in [9.17, 15) is 4.79 Å². The molecule has 0 spiro atoms. The Morgan fingerprint density at radius 2 is 2.32 bits per heavy atom. The quantitative estimate of drug-likeness (QED) is 0.925. The van der Waals surface area contributed by atoms with Gasteiger partial charge in [0.1, 0.15) is 5.60 Å². The molecule has 6 heteroatoms. The average molecular weight is 325 g/mol. The lowest BCUT2D eigenvalue weighted by Crippen LogP contribution is -2.39. The van der Waals surface area contributed by atoms with Crippen molar-refractivity contribution in [2.75, 3.05) is 20.1 Å². The molecular formula is C16H27N3O2S. The third kappa shape index (κ3) is 4.68. The molecule has 1 aliphatic heterocycles. The minimum Gasteiger partial charge on any atom is -0.444 e. The molecule has 2 atom stereocenters. The highest BCUT2D eigenvalue weighted by Gasteiger charge is 2.33. The molecule has 2 unspecified atom stereocenters. The van der Waals surface area contributed by atoms with Crippen LogP contribution in [0.2, 0.25) is 0 Å². The summed E-state index contributed by atoms with van der Waals surface area (Å²) in [5.74, 6) is 0.444. The van der Waals surface area contributed by atoms with E-state index in [4.69, 9.17) is 4.74 Å². The number of ether oxygens (including phenoxy) is 1. The zero-order valence-electron chi connectivity index (χ0n) is 14.2. The van der Waals surface area contributed by atoms with Gasteiger partial charge in [0.2, 0.25) is 0 Å². The molecule has 0 saturated carbocycles. The predicted octanol–water partition coefficient (Wildman–Crippen LogP) is 2.84. The molecule has 2 rings (SSSR count). The van der Waals surface area contributed by atoms with Crippen LogP contribution in [0.5, 0.6) is 0 Å². The minimum atomic E-state index is -0.435. The molecule has 1 fully saturated rings. The Morgan fingerprint density at radius 3 is 2.86 bits per heavy atom. The predicted molar refractivity (Wildman–Crippen MR) is 89.3 cm³/mol. The van der Waals surface area contributed by atoms with Crippen LogP contribution in [0.25, 0.3) is 0 Å². The van der Waals surface area contributed by atoms with E-state index in [1.807, 2.05) is 39.6 Å². The number of aryl methyl sites for hydroxylation is 1. The van der Waals surface area contributed by atoms with Crippen molar-refractivity contribution in [2.24, 2.45) is 5.92 Å². The average Bonchev–Trinajstić information content (AvgIpc) is 3.03. The molecule has 1 aromatic heterocycles. The smallest absolute Gasteiger partial charge is 0.410 e. The number of likely N-dealkylation sites (tertiary alicyclic amines) is 1. The monoisotopic (exact) mass is 325 g/mol. The van der Waals surface area contributed by atoms with Gasteiger partial charge in [-0.15, -0.1) is 11.3 Å². The van der Waals surface area contributed by atoms with Crippen LogP contribution in [0, 0.1) is 12.8 Å². The van der Waals surface area contributed by atoms with Gasteiger partial charge in [-0.1, -0.05) is 0 Å². The summed E-state index contributed by atoms with van der Waals surface area (Å²) in [6.45, 7) is 9.26. The first-order valence-corrected chi connectivity index (χ1v) is 8.72. The Labute approximate surface area is 137 Å². The molecule has 0 aromatic carbocycles. The summed E-state index contributed by atoms with van der Waals surface area (Å²) >= 11 is 1.69. The Balaban J connectivity index is 1.91. The van der Waals surface area contributed by atoms with Gasteiger partial charge in [0.15, 0.2) is 0 Å². The SMILES string of the molecule is CNC(Cc1csc(C)n1)C1CCN(C(=O)OC(C)(C)C)C1. The summed E-state index contributed by atoms with van der Waals surface area (Å²) in [7, 11) is 1.99. The number of hydrogen-bond donors (Lipinski definition) is 1. The molecular weight excluding hydrogens is 298 g/mol. The minimum absolute atomic E-state index is 0.200. The summed E-state index contributed by atoms with van der Waals surface area (Å²) < 4.78 is 5.46. The molecule has 2 heterocycles. The highest BCUT2D eigenvalue weighted by Crippen LogP contribution is 2.24. The van der Waals surface area contributed by atoms with Crippen LogP contribution in [-0.2, 0) is 11.2 Å². The topological polar surface area (TPSA) is 54.5 Å². The van der Waals surface area contributed by atoms with Crippen molar-refractivity contribution in [3.8, 4) is 0 Å². The number of nitrogens with one attached hydrogen (secondary N) is 1. The molecule has 1 aliphatic rings. The molecule has 124 valence electrons. The summed E-state index contributed by atoms with van der Waals surface area (Å²) in [5.41, 5.74) is 0.702. The zero-order chi connectivity index (χ0) is 16.3. The molecule has 5 nitrogen and oxygen atoms in total. The maximum atomic E-state index is 12.2. The van der Waals surface area contributed by atoms with Crippen molar-refractivity contribution >= 4 is 17.4 Å². The molecule has 0 bridgehead atoms. The van der Waals surface area contributed by atoms with Crippen molar-refractivity contribution in [3.05, 3.63) is 16.1 Å². The van der Waals surface area contributed by atoms with Crippen LogP contribution >= 0.6 is 11.3 Å². The van der Waals surface area contributed by atoms with E-state index in [-0.39, 0.29) is 6.09 Å². The Hall–Kier alpha value is -1.14. The molecule has 1 N–H and O–H groups in total. The second-order valence-corrected chi connectivity index (χ2v) is 7.99. The number of amides is 1. The first-order chi connectivity index (χ1) is 10.3. The number of carbonyl (C=O) groups is 1. The second-order valence-electron chi connectivity index (χ2n) is 6.93. The largest absolute Gasteiger partial charge is 0.444 e. The maximum absolute atomic E-state index is 12.2. The number of carbonyl (C=O) groups excluding carboxylic acids is 1. The van der Waals surface area contributed by atoms with Crippen LogP contribution < -0.4 is 5.32 Å². The van der Waals surface area contributed by atoms with E-state index in [1.54, 1.807) is 11.3 Å². The van der Waals surface area contributed by atoms with E-state index < -0.39 is 5.60 Å². The molecule has 1 aromatic rings. The first-order valence-electron chi connectivity index (χ1n) is 7.84. The van der Waals surface area contributed by atoms with Gasteiger partial charge >= 0.3 is 6.09 Å². The van der Waals surface area contributed by atoms with Gasteiger partial charge < -0.3 is 15.0 Å². The number of aromatic nitrogens is 1. The van der Waals surface area contributed by atoms with Gasteiger partial charge in [-0.25, -0.2) is 9.78 Å². The number of likely N-dealkylation sites (N-methyl/N-ethyl adjacent to an activating group) is 1. The summed E-state index contributed by atoms with van der Waals surface area (Å²) in [4.78, 5) is 18.5. The lowest BCUT2D eigenvalue weighted by atomic mass is 9.95. The lowest BCUT2D eigenvalue weighted by molar-refractivity contribution is 0.0285. The number of nitrogens with zero attached hydrogens (tertiary/aromatic N) is 2. The van der Waals surface area contributed by atoms with Crippen LogP contribution in [0.4, 0.5) is 4.79 Å². The maximum Gasteiger partial charge on any atom is 0.410 e. The van der Waals surface area contributed by atoms with Gasteiger partial charge in [0, 0.05) is 30.9 Å². The summed E-state index contributed by atoms with van der Waals surface area (Å²) in [6.07, 6.45) is 1.72. The van der Waals surface area contributed by atoms with Crippen LogP contribution in [-0.4, -0.2) is 47.8 Å². The molecule has 1 amide bonds. The Bertz CT molecular complexity index is 510. The fourth-order valence-electron chi connectivity index (χ4n) is 2.84. The fourth-order valence-corrected chi connectivity index (χ4v) is 3.47. The fraction of sp³-hybridized carbons (Fsp3) is 0.750. The van der Waals surface area contributed by atoms with E-state index in [0.29, 0.717) is 12.0 Å². The summed E-state index contributed by atoms with van der Waals surface area (Å²) in [5, 5.41) is 6.62. The van der Waals surface area contributed by atoms with Crippen molar-refractivity contribution in [2.45, 2.75) is 52.2 Å². The van der Waals surface area contributed by atoms with E-state index in [2.05, 4.69) is 15.7 Å². The number of rotatable bonds is 4. The number of thiazole rings is 1. The molecule has 22 heavy (non-hydrogen) atoms. The summed E-state index contributed by atoms with van der Waals surface area (Å²) in [6, 6.07) is 0.342. The van der Waals surface area contributed by atoms with E-state index in [1.165, 1.54) is 0 Å². The van der Waals surface area contributed by atoms with Crippen LogP contribution in [0.3, 0.4) is 0 Å².